The molecule has 2 aliphatic heterocycles. The molecule has 0 spiro atoms. The lowest BCUT2D eigenvalue weighted by Crippen LogP contribution is -2.53. The summed E-state index contributed by atoms with van der Waals surface area (Å²) in [5.74, 6) is 2.38. The molecule has 5 heteroatoms. The minimum absolute atomic E-state index is 0.0599. The molecule has 0 radical (unpaired) electrons. The topological polar surface area (TPSA) is 35.6 Å². The van der Waals surface area contributed by atoms with Crippen LogP contribution in [0.1, 0.15) is 12.8 Å². The Kier molecular flexibility index (Phi) is 4.70. The van der Waals surface area contributed by atoms with E-state index in [-0.39, 0.29) is 6.04 Å². The normalized spacial score (nSPS) is 27.5. The van der Waals surface area contributed by atoms with Gasteiger partial charge in [0.25, 0.3) is 0 Å². The van der Waals surface area contributed by atoms with Crippen LogP contribution in [0, 0.1) is 0 Å². The van der Waals surface area contributed by atoms with Crippen LogP contribution in [0.4, 0.5) is 0 Å². The van der Waals surface area contributed by atoms with Crippen molar-refractivity contribution in [2.24, 2.45) is 0 Å². The van der Waals surface area contributed by atoms with E-state index in [2.05, 4.69) is 24.3 Å². The molecule has 0 aromatic rings. The zero-order valence-corrected chi connectivity index (χ0v) is 11.6. The van der Waals surface area contributed by atoms with Gasteiger partial charge in [0.2, 0.25) is 5.91 Å². The van der Waals surface area contributed by atoms with Gasteiger partial charge in [0.1, 0.15) is 0 Å². The highest BCUT2D eigenvalue weighted by Crippen LogP contribution is 2.17. The summed E-state index contributed by atoms with van der Waals surface area (Å²) < 4.78 is 0. The molecule has 2 saturated heterocycles. The van der Waals surface area contributed by atoms with Crippen LogP contribution in [0.3, 0.4) is 0 Å². The third-order valence-corrected chi connectivity index (χ3v) is 4.79. The standard InChI is InChI=1S/C12H23N3OS/c1-14(2)10-3-6-15(7-4-10)12(16)11-9-17-8-5-13-11/h10-11,13H,3-9H2,1-2H3. The van der Waals surface area contributed by atoms with E-state index in [4.69, 9.17) is 0 Å². The molecule has 98 valence electrons. The summed E-state index contributed by atoms with van der Waals surface area (Å²) in [4.78, 5) is 16.6. The highest BCUT2D eigenvalue weighted by molar-refractivity contribution is 7.99. The first-order valence-corrected chi connectivity index (χ1v) is 7.60. The first-order valence-electron chi connectivity index (χ1n) is 6.45. The number of piperidine rings is 1. The molecule has 1 N–H and O–H groups in total. The predicted molar refractivity (Wildman–Crippen MR) is 72.4 cm³/mol. The Morgan fingerprint density at radius 2 is 2.06 bits per heavy atom. The zero-order valence-electron chi connectivity index (χ0n) is 10.8. The highest BCUT2D eigenvalue weighted by Gasteiger charge is 2.29. The number of amides is 1. The lowest BCUT2D eigenvalue weighted by atomic mass is 10.0. The van der Waals surface area contributed by atoms with Gasteiger partial charge in [0.05, 0.1) is 6.04 Å². The summed E-state index contributed by atoms with van der Waals surface area (Å²) in [5, 5.41) is 3.33. The van der Waals surface area contributed by atoms with Crippen LogP contribution in [0.25, 0.3) is 0 Å². The monoisotopic (exact) mass is 257 g/mol. The third kappa shape index (κ3) is 3.36. The van der Waals surface area contributed by atoms with Crippen LogP contribution in [0.2, 0.25) is 0 Å². The van der Waals surface area contributed by atoms with Crippen molar-refractivity contribution < 1.29 is 4.79 Å². The average molecular weight is 257 g/mol. The number of carbonyl (C=O) groups excluding carboxylic acids is 1. The number of nitrogens with zero attached hydrogens (tertiary/aromatic N) is 2. The van der Waals surface area contributed by atoms with Crippen molar-refractivity contribution in [3.63, 3.8) is 0 Å². The van der Waals surface area contributed by atoms with Gasteiger partial charge < -0.3 is 15.1 Å². The van der Waals surface area contributed by atoms with Crippen molar-refractivity contribution in [2.45, 2.75) is 24.9 Å². The Morgan fingerprint density at radius 1 is 1.35 bits per heavy atom. The molecule has 1 atom stereocenters. The van der Waals surface area contributed by atoms with Gasteiger partial charge in [-0.05, 0) is 26.9 Å². The van der Waals surface area contributed by atoms with Crippen molar-refractivity contribution in [1.82, 2.24) is 15.1 Å². The smallest absolute Gasteiger partial charge is 0.240 e. The fourth-order valence-corrected chi connectivity index (χ4v) is 3.47. The molecule has 0 aromatic carbocycles. The average Bonchev–Trinajstić information content (AvgIpc) is 2.39. The maximum atomic E-state index is 12.3. The molecule has 2 aliphatic rings. The molecular formula is C12H23N3OS. The minimum Gasteiger partial charge on any atom is -0.341 e. The zero-order chi connectivity index (χ0) is 12.3. The molecule has 1 amide bonds. The second kappa shape index (κ2) is 6.07. The number of carbonyl (C=O) groups is 1. The quantitative estimate of drug-likeness (QED) is 0.769. The van der Waals surface area contributed by atoms with E-state index in [0.717, 1.165) is 44.0 Å². The summed E-state index contributed by atoms with van der Waals surface area (Å²) in [5.41, 5.74) is 0. The first-order chi connectivity index (χ1) is 8.18. The molecule has 1 unspecified atom stereocenters. The van der Waals surface area contributed by atoms with Gasteiger partial charge in [-0.2, -0.15) is 11.8 Å². The van der Waals surface area contributed by atoms with E-state index in [1.165, 1.54) is 0 Å². The maximum absolute atomic E-state index is 12.3. The molecule has 0 aromatic heterocycles. The maximum Gasteiger partial charge on any atom is 0.240 e. The van der Waals surface area contributed by atoms with Crippen LogP contribution in [-0.2, 0) is 4.79 Å². The van der Waals surface area contributed by atoms with Gasteiger partial charge in [-0.1, -0.05) is 0 Å². The highest BCUT2D eigenvalue weighted by atomic mass is 32.2. The van der Waals surface area contributed by atoms with E-state index in [0.29, 0.717) is 11.9 Å². The minimum atomic E-state index is 0.0599. The van der Waals surface area contributed by atoms with Crippen LogP contribution in [0.5, 0.6) is 0 Å². The van der Waals surface area contributed by atoms with Gasteiger partial charge in [0.15, 0.2) is 0 Å². The SMILES string of the molecule is CN(C)C1CCN(C(=O)C2CSCCN2)CC1. The number of rotatable bonds is 2. The fourth-order valence-electron chi connectivity index (χ4n) is 2.55. The largest absolute Gasteiger partial charge is 0.341 e. The van der Waals surface area contributed by atoms with Crippen molar-refractivity contribution in [1.29, 1.82) is 0 Å². The predicted octanol–water partition coefficient (Wildman–Crippen LogP) is 0.244. The van der Waals surface area contributed by atoms with Gasteiger partial charge in [-0.25, -0.2) is 0 Å². The van der Waals surface area contributed by atoms with Crippen LogP contribution in [-0.4, -0.2) is 73.0 Å². The number of hydrogen-bond donors (Lipinski definition) is 1. The van der Waals surface area contributed by atoms with Crippen molar-refractivity contribution in [3.05, 3.63) is 0 Å². The molecule has 0 bridgehead atoms. The lowest BCUT2D eigenvalue weighted by molar-refractivity contribution is -0.134. The summed E-state index contributed by atoms with van der Waals surface area (Å²) >= 11 is 1.88. The molecule has 2 fully saturated rings. The molecule has 4 nitrogen and oxygen atoms in total. The number of hydrogen-bond acceptors (Lipinski definition) is 4. The van der Waals surface area contributed by atoms with Crippen molar-refractivity contribution in [3.8, 4) is 0 Å². The van der Waals surface area contributed by atoms with Crippen molar-refractivity contribution >= 4 is 17.7 Å². The van der Waals surface area contributed by atoms with Gasteiger partial charge in [-0.15, -0.1) is 0 Å². The molecule has 0 saturated carbocycles. The van der Waals surface area contributed by atoms with Crippen LogP contribution in [0.15, 0.2) is 0 Å². The van der Waals surface area contributed by atoms with Gasteiger partial charge >= 0.3 is 0 Å². The Bertz CT molecular complexity index is 258. The molecular weight excluding hydrogens is 234 g/mol. The second-order valence-corrected chi connectivity index (χ2v) is 6.25. The third-order valence-electron chi connectivity index (χ3n) is 3.73. The van der Waals surface area contributed by atoms with E-state index in [1.54, 1.807) is 0 Å². The first kappa shape index (κ1) is 13.2. The number of nitrogens with one attached hydrogen (secondary N) is 1. The van der Waals surface area contributed by atoms with E-state index in [1.807, 2.05) is 16.7 Å². The van der Waals surface area contributed by atoms with E-state index >= 15 is 0 Å². The second-order valence-electron chi connectivity index (χ2n) is 5.10. The Balaban J connectivity index is 1.81. The summed E-state index contributed by atoms with van der Waals surface area (Å²) in [6, 6.07) is 0.706. The van der Waals surface area contributed by atoms with E-state index < -0.39 is 0 Å². The summed E-state index contributed by atoms with van der Waals surface area (Å²) in [6.07, 6.45) is 2.22. The molecule has 2 heterocycles. The Morgan fingerprint density at radius 3 is 2.59 bits per heavy atom. The molecule has 0 aliphatic carbocycles. The van der Waals surface area contributed by atoms with Gasteiger partial charge in [-0.3, -0.25) is 4.79 Å². The molecule has 17 heavy (non-hydrogen) atoms. The summed E-state index contributed by atoms with van der Waals surface area (Å²) in [7, 11) is 4.25. The van der Waals surface area contributed by atoms with E-state index in [9.17, 15) is 4.79 Å². The summed E-state index contributed by atoms with van der Waals surface area (Å²) in [6.45, 7) is 2.81. The lowest BCUT2D eigenvalue weighted by Gasteiger charge is -2.37. The van der Waals surface area contributed by atoms with Gasteiger partial charge in [0, 0.05) is 37.2 Å². The van der Waals surface area contributed by atoms with Crippen molar-refractivity contribution in [2.75, 3.05) is 45.2 Å². The Hall–Kier alpha value is -0.260. The Labute approximate surface area is 108 Å². The number of thioether (sulfide) groups is 1. The molecule has 2 rings (SSSR count). The fraction of sp³-hybridized carbons (Fsp3) is 0.917. The van der Waals surface area contributed by atoms with Crippen LogP contribution < -0.4 is 5.32 Å². The van der Waals surface area contributed by atoms with Crippen LogP contribution >= 0.6 is 11.8 Å². The number of likely N-dealkylation sites (tertiary alicyclic amines) is 1.